The zero-order chi connectivity index (χ0) is 19.9. The van der Waals surface area contributed by atoms with E-state index in [9.17, 15) is 22.8 Å². The number of alkyl halides is 3. The van der Waals surface area contributed by atoms with Gasteiger partial charge in [0.2, 0.25) is 11.7 Å². The number of benzene rings is 1. The van der Waals surface area contributed by atoms with Gasteiger partial charge < -0.3 is 14.9 Å². The molecule has 4 rings (SSSR count). The van der Waals surface area contributed by atoms with Gasteiger partial charge in [-0.1, -0.05) is 12.1 Å². The van der Waals surface area contributed by atoms with Gasteiger partial charge in [-0.05, 0) is 18.6 Å². The van der Waals surface area contributed by atoms with E-state index in [0.29, 0.717) is 18.7 Å². The summed E-state index contributed by atoms with van der Waals surface area (Å²) in [6.45, 7) is 0.659. The third-order valence-electron chi connectivity index (χ3n) is 5.04. The SMILES string of the molecule is O=C(NCCn1c(=O)[nH]c2ccccc21)[C@H]1CCn2c(cnc2C(F)(F)F)C1. The highest BCUT2D eigenvalue weighted by Crippen LogP contribution is 2.32. The average Bonchev–Trinajstić information content (AvgIpc) is 3.22. The number of carbonyl (C=O) groups is 1. The highest BCUT2D eigenvalue weighted by Gasteiger charge is 2.39. The molecule has 148 valence electrons. The molecule has 1 aliphatic heterocycles. The van der Waals surface area contributed by atoms with Gasteiger partial charge in [0, 0.05) is 43.9 Å². The van der Waals surface area contributed by atoms with Crippen LogP contribution >= 0.6 is 0 Å². The van der Waals surface area contributed by atoms with E-state index < -0.39 is 17.9 Å². The lowest BCUT2D eigenvalue weighted by atomic mass is 9.95. The molecule has 7 nitrogen and oxygen atoms in total. The lowest BCUT2D eigenvalue weighted by Crippen LogP contribution is -2.38. The largest absolute Gasteiger partial charge is 0.449 e. The Kier molecular flexibility index (Phi) is 4.48. The van der Waals surface area contributed by atoms with Crippen molar-refractivity contribution in [3.63, 3.8) is 0 Å². The summed E-state index contributed by atoms with van der Waals surface area (Å²) >= 11 is 0. The molecule has 0 saturated carbocycles. The summed E-state index contributed by atoms with van der Waals surface area (Å²) < 4.78 is 41.4. The van der Waals surface area contributed by atoms with Gasteiger partial charge in [-0.25, -0.2) is 9.78 Å². The second-order valence-corrected chi connectivity index (χ2v) is 6.80. The molecule has 2 N–H and O–H groups in total. The third kappa shape index (κ3) is 3.30. The van der Waals surface area contributed by atoms with Gasteiger partial charge in [-0.3, -0.25) is 9.36 Å². The molecule has 1 aromatic carbocycles. The number of H-pyrrole nitrogens is 1. The van der Waals surface area contributed by atoms with Crippen LogP contribution in [0.15, 0.2) is 35.3 Å². The lowest BCUT2D eigenvalue weighted by molar-refractivity contribution is -0.147. The van der Waals surface area contributed by atoms with Crippen LogP contribution in [0.25, 0.3) is 11.0 Å². The number of nitrogens with one attached hydrogen (secondary N) is 2. The summed E-state index contributed by atoms with van der Waals surface area (Å²) in [5, 5.41) is 2.79. The Hall–Kier alpha value is -3.04. The standard InChI is InChI=1S/C18H18F3N5O2/c19-18(20,21)16-23-10-12-9-11(5-7-25(12)16)15(27)22-6-8-26-14-4-2-1-3-13(14)24-17(26)28/h1-4,10-11H,5-9H2,(H,22,27)(H,24,28)/t11-/m0/s1. The molecule has 0 aliphatic carbocycles. The second-order valence-electron chi connectivity index (χ2n) is 6.80. The van der Waals surface area contributed by atoms with Crippen molar-refractivity contribution in [1.82, 2.24) is 24.4 Å². The Morgan fingerprint density at radius 3 is 2.89 bits per heavy atom. The molecule has 0 saturated heterocycles. The van der Waals surface area contributed by atoms with Gasteiger partial charge in [-0.2, -0.15) is 13.2 Å². The van der Waals surface area contributed by atoms with Crippen molar-refractivity contribution in [1.29, 1.82) is 0 Å². The molecule has 3 aromatic rings. The van der Waals surface area contributed by atoms with E-state index in [0.717, 1.165) is 15.6 Å². The number of halogens is 3. The van der Waals surface area contributed by atoms with E-state index in [1.807, 2.05) is 18.2 Å². The number of hydrogen-bond acceptors (Lipinski definition) is 3. The summed E-state index contributed by atoms with van der Waals surface area (Å²) in [5.41, 5.74) is 1.63. The zero-order valence-corrected chi connectivity index (χ0v) is 14.8. The first-order chi connectivity index (χ1) is 13.3. The van der Waals surface area contributed by atoms with Crippen LogP contribution in [0.5, 0.6) is 0 Å². The summed E-state index contributed by atoms with van der Waals surface area (Å²) in [6, 6.07) is 7.26. The first-order valence-electron chi connectivity index (χ1n) is 8.91. The van der Waals surface area contributed by atoms with Crippen LogP contribution in [0.3, 0.4) is 0 Å². The molecular weight excluding hydrogens is 375 g/mol. The lowest BCUT2D eigenvalue weighted by Gasteiger charge is -2.24. The number of amides is 1. The maximum Gasteiger partial charge on any atom is 0.449 e. The number of hydrogen-bond donors (Lipinski definition) is 2. The molecule has 0 unspecified atom stereocenters. The Bertz CT molecular complexity index is 1080. The van der Waals surface area contributed by atoms with E-state index in [2.05, 4.69) is 15.3 Å². The predicted octanol–water partition coefficient (Wildman–Crippen LogP) is 1.92. The average molecular weight is 393 g/mol. The highest BCUT2D eigenvalue weighted by atomic mass is 19.4. The third-order valence-corrected chi connectivity index (χ3v) is 5.04. The Balaban J connectivity index is 1.38. The van der Waals surface area contributed by atoms with Crippen molar-refractivity contribution in [2.75, 3.05) is 6.54 Å². The van der Waals surface area contributed by atoms with Gasteiger partial charge in [0.15, 0.2) is 0 Å². The first-order valence-corrected chi connectivity index (χ1v) is 8.91. The minimum absolute atomic E-state index is 0.101. The maximum atomic E-state index is 12.9. The highest BCUT2D eigenvalue weighted by molar-refractivity contribution is 5.79. The van der Waals surface area contributed by atoms with Crippen LogP contribution in [-0.4, -0.2) is 31.6 Å². The zero-order valence-electron chi connectivity index (χ0n) is 14.8. The Labute approximate surface area is 157 Å². The fraction of sp³-hybridized carbons (Fsp3) is 0.389. The molecule has 0 spiro atoms. The Morgan fingerprint density at radius 1 is 1.32 bits per heavy atom. The van der Waals surface area contributed by atoms with E-state index in [1.165, 1.54) is 6.20 Å². The fourth-order valence-electron chi connectivity index (χ4n) is 3.68. The van der Waals surface area contributed by atoms with Crippen molar-refractivity contribution in [3.05, 3.63) is 52.5 Å². The number of aromatic nitrogens is 4. The number of carbonyl (C=O) groups excluding carboxylic acids is 1. The number of para-hydroxylation sites is 2. The quantitative estimate of drug-likeness (QED) is 0.710. The molecule has 1 amide bonds. The molecule has 0 fully saturated rings. The van der Waals surface area contributed by atoms with Crippen molar-refractivity contribution in [2.45, 2.75) is 32.1 Å². The number of nitrogens with zero attached hydrogens (tertiary/aromatic N) is 3. The topological polar surface area (TPSA) is 84.7 Å². The van der Waals surface area contributed by atoms with E-state index in [-0.39, 0.29) is 31.1 Å². The van der Waals surface area contributed by atoms with Gasteiger partial charge >= 0.3 is 11.9 Å². The monoisotopic (exact) mass is 393 g/mol. The van der Waals surface area contributed by atoms with Crippen molar-refractivity contribution in [3.8, 4) is 0 Å². The van der Waals surface area contributed by atoms with Crippen molar-refractivity contribution in [2.24, 2.45) is 5.92 Å². The van der Waals surface area contributed by atoms with Crippen LogP contribution in [0.2, 0.25) is 0 Å². The smallest absolute Gasteiger partial charge is 0.354 e. The number of rotatable bonds is 4. The molecule has 3 heterocycles. The normalized spacial score (nSPS) is 16.9. The van der Waals surface area contributed by atoms with Gasteiger partial charge in [0.25, 0.3) is 0 Å². The van der Waals surface area contributed by atoms with Crippen LogP contribution in [0.4, 0.5) is 13.2 Å². The molecule has 2 aromatic heterocycles. The number of fused-ring (bicyclic) bond motifs is 2. The van der Waals surface area contributed by atoms with Crippen molar-refractivity contribution < 1.29 is 18.0 Å². The van der Waals surface area contributed by atoms with E-state index in [4.69, 9.17) is 0 Å². The van der Waals surface area contributed by atoms with Crippen molar-refractivity contribution >= 4 is 16.9 Å². The fourth-order valence-corrected chi connectivity index (χ4v) is 3.68. The molecular formula is C18H18F3N5O2. The maximum absolute atomic E-state index is 12.9. The van der Waals surface area contributed by atoms with Crippen LogP contribution in [-0.2, 0) is 30.5 Å². The van der Waals surface area contributed by atoms with Gasteiger partial charge in [-0.15, -0.1) is 0 Å². The minimum atomic E-state index is -4.50. The Morgan fingerprint density at radius 2 is 2.11 bits per heavy atom. The molecule has 0 radical (unpaired) electrons. The summed E-state index contributed by atoms with van der Waals surface area (Å²) in [6.07, 6.45) is -2.79. The molecule has 28 heavy (non-hydrogen) atoms. The molecule has 1 aliphatic rings. The number of imidazole rings is 2. The summed E-state index contributed by atoms with van der Waals surface area (Å²) in [7, 11) is 0. The number of aromatic amines is 1. The van der Waals surface area contributed by atoms with E-state index >= 15 is 0 Å². The minimum Gasteiger partial charge on any atom is -0.354 e. The van der Waals surface area contributed by atoms with Crippen LogP contribution in [0.1, 0.15) is 17.9 Å². The summed E-state index contributed by atoms with van der Waals surface area (Å²) in [4.78, 5) is 30.7. The molecule has 0 bridgehead atoms. The molecule has 1 atom stereocenters. The second kappa shape index (κ2) is 6.84. The van der Waals surface area contributed by atoms with Gasteiger partial charge in [0.05, 0.1) is 11.0 Å². The van der Waals surface area contributed by atoms with Crippen LogP contribution in [0, 0.1) is 5.92 Å². The van der Waals surface area contributed by atoms with E-state index in [1.54, 1.807) is 10.6 Å². The predicted molar refractivity (Wildman–Crippen MR) is 94.6 cm³/mol. The van der Waals surface area contributed by atoms with Gasteiger partial charge in [0.1, 0.15) is 0 Å². The molecule has 10 heteroatoms. The summed E-state index contributed by atoms with van der Waals surface area (Å²) in [5.74, 6) is -1.56. The first kappa shape index (κ1) is 18.3. The van der Waals surface area contributed by atoms with Crippen LogP contribution < -0.4 is 11.0 Å².